The molecule has 0 aliphatic rings. The van der Waals surface area contributed by atoms with Crippen molar-refractivity contribution in [3.63, 3.8) is 0 Å². The van der Waals surface area contributed by atoms with Crippen LogP contribution in [-0.2, 0) is 0 Å². The molecule has 1 heterocycles. The van der Waals surface area contributed by atoms with Crippen LogP contribution in [0.15, 0.2) is 79.1 Å². The molecule has 0 aliphatic carbocycles. The van der Waals surface area contributed by atoms with E-state index in [-0.39, 0.29) is 11.6 Å². The van der Waals surface area contributed by atoms with E-state index in [4.69, 9.17) is 12.2 Å². The van der Waals surface area contributed by atoms with Gasteiger partial charge in [-0.1, -0.05) is 30.4 Å². The van der Waals surface area contributed by atoms with Crippen molar-refractivity contribution in [1.82, 2.24) is 0 Å². The first kappa shape index (κ1) is 17.8. The van der Waals surface area contributed by atoms with Gasteiger partial charge in [0, 0.05) is 23.4 Å². The number of rotatable bonds is 4. The summed E-state index contributed by atoms with van der Waals surface area (Å²) in [6.07, 6.45) is 3.58. The molecule has 2 N–H and O–H groups in total. The number of halogens is 1. The summed E-state index contributed by atoms with van der Waals surface area (Å²) in [5.74, 6) is -0.401. The second kappa shape index (κ2) is 7.89. The van der Waals surface area contributed by atoms with Gasteiger partial charge in [0.25, 0.3) is 5.70 Å². The first-order chi connectivity index (χ1) is 12.5. The molecule has 0 saturated heterocycles. The molecule has 3 nitrogen and oxygen atoms in total. The molecule has 0 saturated carbocycles. The molecular formula is C21H18FN2OS+. The SMILES string of the molecule is Cc1cccc(NC(=S)/C(=C(/O)c2ccc(F)cc2)[n+]2ccccc2)c1. The highest BCUT2D eigenvalue weighted by Gasteiger charge is 2.23. The Morgan fingerprint density at radius 1 is 1.00 bits per heavy atom. The molecule has 0 fully saturated rings. The van der Waals surface area contributed by atoms with Gasteiger partial charge in [-0.25, -0.2) is 4.39 Å². The van der Waals surface area contributed by atoms with Crippen LogP contribution in [-0.4, -0.2) is 10.1 Å². The van der Waals surface area contributed by atoms with Crippen LogP contribution in [0.2, 0.25) is 0 Å². The zero-order valence-electron chi connectivity index (χ0n) is 14.2. The molecule has 1 aromatic heterocycles. The summed E-state index contributed by atoms with van der Waals surface area (Å²) in [4.78, 5) is 0.355. The van der Waals surface area contributed by atoms with Crippen LogP contribution in [0.4, 0.5) is 10.1 Å². The first-order valence-electron chi connectivity index (χ1n) is 8.08. The van der Waals surface area contributed by atoms with Crippen LogP contribution in [0, 0.1) is 12.7 Å². The van der Waals surface area contributed by atoms with Crippen molar-refractivity contribution in [3.8, 4) is 0 Å². The minimum atomic E-state index is -0.365. The summed E-state index contributed by atoms with van der Waals surface area (Å²) in [6, 6.07) is 19.0. The van der Waals surface area contributed by atoms with Gasteiger partial charge in [0.1, 0.15) is 5.82 Å². The standard InChI is InChI=1S/C21H17FN2OS/c1-15-6-5-7-18(14-15)23-21(26)19(24-12-3-2-4-13-24)20(25)16-8-10-17(22)11-9-16/h2-14H,1H3,(H-,23,25,26)/p+1. The van der Waals surface area contributed by atoms with Gasteiger partial charge in [-0.15, -0.1) is 0 Å². The van der Waals surface area contributed by atoms with Crippen molar-refractivity contribution >= 4 is 34.3 Å². The molecule has 0 spiro atoms. The van der Waals surface area contributed by atoms with Crippen LogP contribution in [0.5, 0.6) is 0 Å². The third-order valence-corrected chi connectivity index (χ3v) is 4.10. The minimum Gasteiger partial charge on any atom is -0.502 e. The monoisotopic (exact) mass is 365 g/mol. The summed E-state index contributed by atoms with van der Waals surface area (Å²) in [7, 11) is 0. The Morgan fingerprint density at radius 2 is 1.69 bits per heavy atom. The van der Waals surface area contributed by atoms with E-state index in [0.29, 0.717) is 16.2 Å². The average Bonchev–Trinajstić information content (AvgIpc) is 2.63. The van der Waals surface area contributed by atoms with E-state index in [0.717, 1.165) is 11.3 Å². The van der Waals surface area contributed by atoms with E-state index < -0.39 is 0 Å². The number of pyridine rings is 1. The maximum Gasteiger partial charge on any atom is 0.288 e. The highest BCUT2D eigenvalue weighted by molar-refractivity contribution is 7.81. The lowest BCUT2D eigenvalue weighted by molar-refractivity contribution is -0.575. The summed E-state index contributed by atoms with van der Waals surface area (Å²) in [5, 5.41) is 14.0. The summed E-state index contributed by atoms with van der Waals surface area (Å²) in [5.41, 5.74) is 2.81. The molecule has 0 unspecified atom stereocenters. The van der Waals surface area contributed by atoms with Gasteiger partial charge in [-0.2, -0.15) is 4.57 Å². The molecule has 3 aromatic rings. The van der Waals surface area contributed by atoms with Gasteiger partial charge in [0.2, 0.25) is 0 Å². The zero-order valence-corrected chi connectivity index (χ0v) is 15.0. The Bertz CT molecular complexity index is 953. The molecule has 26 heavy (non-hydrogen) atoms. The van der Waals surface area contributed by atoms with Crippen molar-refractivity contribution in [1.29, 1.82) is 0 Å². The first-order valence-corrected chi connectivity index (χ1v) is 8.49. The lowest BCUT2D eigenvalue weighted by Gasteiger charge is -2.10. The average molecular weight is 365 g/mol. The van der Waals surface area contributed by atoms with Crippen molar-refractivity contribution in [2.75, 3.05) is 5.32 Å². The quantitative estimate of drug-likeness (QED) is 0.303. The van der Waals surface area contributed by atoms with Crippen LogP contribution >= 0.6 is 12.2 Å². The molecule has 0 bridgehead atoms. The van der Waals surface area contributed by atoms with E-state index in [1.807, 2.05) is 49.4 Å². The molecule has 0 amide bonds. The Balaban J connectivity index is 2.05. The van der Waals surface area contributed by atoms with Crippen LogP contribution in [0.1, 0.15) is 11.1 Å². The number of aliphatic hydroxyl groups is 1. The Morgan fingerprint density at radius 3 is 2.35 bits per heavy atom. The molecule has 0 aliphatic heterocycles. The van der Waals surface area contributed by atoms with E-state index in [1.54, 1.807) is 17.0 Å². The molecule has 2 aromatic carbocycles. The number of aromatic nitrogens is 1. The summed E-state index contributed by atoms with van der Waals surface area (Å²) < 4.78 is 14.9. The number of anilines is 1. The van der Waals surface area contributed by atoms with Gasteiger partial charge in [-0.3, -0.25) is 0 Å². The molecule has 0 radical (unpaired) electrons. The van der Waals surface area contributed by atoms with E-state index >= 15 is 0 Å². The fourth-order valence-corrected chi connectivity index (χ4v) is 2.87. The number of nitrogens with zero attached hydrogens (tertiary/aromatic N) is 1. The van der Waals surface area contributed by atoms with E-state index in [9.17, 15) is 9.50 Å². The van der Waals surface area contributed by atoms with Crippen LogP contribution in [0.25, 0.3) is 11.5 Å². The highest BCUT2D eigenvalue weighted by Crippen LogP contribution is 2.19. The van der Waals surface area contributed by atoms with Crippen LogP contribution in [0.3, 0.4) is 0 Å². The third kappa shape index (κ3) is 4.13. The topological polar surface area (TPSA) is 36.1 Å². The normalized spacial score (nSPS) is 11.6. The smallest absolute Gasteiger partial charge is 0.288 e. The minimum absolute atomic E-state index is 0.0358. The van der Waals surface area contributed by atoms with E-state index in [2.05, 4.69) is 5.32 Å². The highest BCUT2D eigenvalue weighted by atomic mass is 32.1. The summed E-state index contributed by atoms with van der Waals surface area (Å²) >= 11 is 5.56. The van der Waals surface area contributed by atoms with Crippen molar-refractivity contribution in [2.24, 2.45) is 0 Å². The Labute approximate surface area is 157 Å². The second-order valence-corrected chi connectivity index (χ2v) is 6.22. The molecule has 5 heteroatoms. The molecular weight excluding hydrogens is 347 g/mol. The predicted molar refractivity (Wildman–Crippen MR) is 106 cm³/mol. The number of aryl methyl sites for hydroxylation is 1. The number of hydrogen-bond donors (Lipinski definition) is 2. The second-order valence-electron chi connectivity index (χ2n) is 5.81. The maximum absolute atomic E-state index is 13.2. The predicted octanol–water partition coefficient (Wildman–Crippen LogP) is 4.74. The van der Waals surface area contributed by atoms with Gasteiger partial charge in [-0.05, 0) is 48.9 Å². The number of nitrogens with one attached hydrogen (secondary N) is 1. The number of thiocarbonyl (C=S) groups is 1. The largest absolute Gasteiger partial charge is 0.502 e. The van der Waals surface area contributed by atoms with Gasteiger partial charge in [0.05, 0.1) is 0 Å². The molecule has 3 rings (SSSR count). The fraction of sp³-hybridized carbons (Fsp3) is 0.0476. The van der Waals surface area contributed by atoms with Gasteiger partial charge >= 0.3 is 0 Å². The third-order valence-electron chi connectivity index (χ3n) is 3.81. The Kier molecular flexibility index (Phi) is 5.39. The number of hydrogen-bond acceptors (Lipinski definition) is 2. The van der Waals surface area contributed by atoms with Crippen molar-refractivity contribution in [2.45, 2.75) is 6.92 Å². The van der Waals surface area contributed by atoms with Crippen molar-refractivity contribution < 1.29 is 14.1 Å². The van der Waals surface area contributed by atoms with Crippen LogP contribution < -0.4 is 9.88 Å². The Hall–Kier alpha value is -3.05. The fourth-order valence-electron chi connectivity index (χ4n) is 2.55. The van der Waals surface area contributed by atoms with Crippen molar-refractivity contribution in [3.05, 3.63) is 96.1 Å². The van der Waals surface area contributed by atoms with Gasteiger partial charge in [0.15, 0.2) is 23.1 Å². The maximum atomic E-state index is 13.2. The zero-order chi connectivity index (χ0) is 18.5. The summed E-state index contributed by atoms with van der Waals surface area (Å²) in [6.45, 7) is 1.99. The number of aliphatic hydroxyl groups excluding tert-OH is 1. The lowest BCUT2D eigenvalue weighted by atomic mass is 10.1. The number of benzene rings is 2. The molecule has 0 atom stereocenters. The lowest BCUT2D eigenvalue weighted by Crippen LogP contribution is -2.38. The molecule has 130 valence electrons. The van der Waals surface area contributed by atoms with Gasteiger partial charge < -0.3 is 10.4 Å². The van der Waals surface area contributed by atoms with E-state index in [1.165, 1.54) is 24.3 Å².